The highest BCUT2D eigenvalue weighted by molar-refractivity contribution is 5.93. The van der Waals surface area contributed by atoms with E-state index in [0.717, 1.165) is 30.6 Å². The fraction of sp³-hybridized carbons (Fsp3) is 0.474. The van der Waals surface area contributed by atoms with Crippen LogP contribution in [0, 0.1) is 0 Å². The Morgan fingerprint density at radius 3 is 2.68 bits per heavy atom. The number of aromatic nitrogens is 2. The number of carbonyl (C=O) groups is 1. The lowest BCUT2D eigenvalue weighted by Gasteiger charge is -2.25. The second-order valence-corrected chi connectivity index (χ2v) is 6.75. The van der Waals surface area contributed by atoms with E-state index in [0.29, 0.717) is 23.1 Å². The van der Waals surface area contributed by atoms with Crippen LogP contribution in [0.3, 0.4) is 0 Å². The van der Waals surface area contributed by atoms with Gasteiger partial charge in [-0.15, -0.1) is 0 Å². The van der Waals surface area contributed by atoms with Crippen molar-refractivity contribution in [1.29, 1.82) is 0 Å². The Balaban J connectivity index is 1.58. The van der Waals surface area contributed by atoms with Gasteiger partial charge in [0.15, 0.2) is 11.5 Å². The van der Waals surface area contributed by atoms with Crippen molar-refractivity contribution in [3.05, 3.63) is 41.2 Å². The quantitative estimate of drug-likeness (QED) is 0.906. The average Bonchev–Trinajstić information content (AvgIpc) is 3.19. The second kappa shape index (κ2) is 6.43. The minimum atomic E-state index is 0.000403. The average molecular weight is 341 g/mol. The summed E-state index contributed by atoms with van der Waals surface area (Å²) in [5.74, 6) is 1.95. The molecule has 0 unspecified atom stereocenters. The van der Waals surface area contributed by atoms with E-state index in [4.69, 9.17) is 9.47 Å². The molecule has 0 bridgehead atoms. The summed E-state index contributed by atoms with van der Waals surface area (Å²) in [6.45, 7) is 0.753. The number of amides is 1. The molecule has 0 spiro atoms. The molecule has 2 heterocycles. The minimum Gasteiger partial charge on any atom is -0.493 e. The number of hydrogen-bond acceptors (Lipinski definition) is 4. The van der Waals surface area contributed by atoms with Gasteiger partial charge in [0.2, 0.25) is 0 Å². The number of carbonyl (C=O) groups excluding carboxylic acids is 1. The summed E-state index contributed by atoms with van der Waals surface area (Å²) in [6, 6.07) is 7.85. The molecule has 1 amide bonds. The third-order valence-corrected chi connectivity index (χ3v) is 5.14. The topological polar surface area (TPSA) is 67.5 Å². The number of rotatable bonds is 5. The highest BCUT2D eigenvalue weighted by Gasteiger charge is 2.33. The molecule has 25 heavy (non-hydrogen) atoms. The zero-order valence-corrected chi connectivity index (χ0v) is 14.6. The van der Waals surface area contributed by atoms with Crippen LogP contribution in [-0.4, -0.2) is 41.8 Å². The number of H-pyrrole nitrogens is 1. The number of benzene rings is 1. The number of hydrogen-bond donors (Lipinski definition) is 1. The van der Waals surface area contributed by atoms with Crippen LogP contribution in [0.5, 0.6) is 11.5 Å². The van der Waals surface area contributed by atoms with Crippen LogP contribution in [0.25, 0.3) is 0 Å². The van der Waals surface area contributed by atoms with Gasteiger partial charge in [0, 0.05) is 18.2 Å². The fourth-order valence-electron chi connectivity index (χ4n) is 3.61. The Morgan fingerprint density at radius 2 is 1.96 bits per heavy atom. The second-order valence-electron chi connectivity index (χ2n) is 6.75. The van der Waals surface area contributed by atoms with E-state index in [9.17, 15) is 4.79 Å². The van der Waals surface area contributed by atoms with Crippen molar-refractivity contribution < 1.29 is 14.3 Å². The molecule has 2 fully saturated rings. The molecule has 2 aliphatic rings. The molecule has 0 radical (unpaired) electrons. The Hall–Kier alpha value is -2.50. The molecule has 1 aliphatic heterocycles. The smallest absolute Gasteiger partial charge is 0.274 e. The largest absolute Gasteiger partial charge is 0.493 e. The van der Waals surface area contributed by atoms with Crippen molar-refractivity contribution >= 4 is 5.91 Å². The summed E-state index contributed by atoms with van der Waals surface area (Å²) in [7, 11) is 3.25. The van der Waals surface area contributed by atoms with Gasteiger partial charge in [-0.3, -0.25) is 9.89 Å². The maximum absolute atomic E-state index is 13.0. The monoisotopic (exact) mass is 341 g/mol. The van der Waals surface area contributed by atoms with Gasteiger partial charge in [-0.25, -0.2) is 0 Å². The maximum atomic E-state index is 13.0. The summed E-state index contributed by atoms with van der Waals surface area (Å²) in [6.07, 6.45) is 4.31. The van der Waals surface area contributed by atoms with Crippen LogP contribution >= 0.6 is 0 Å². The van der Waals surface area contributed by atoms with E-state index in [1.807, 2.05) is 29.2 Å². The number of nitrogens with one attached hydrogen (secondary N) is 1. The number of nitrogens with zero attached hydrogens (tertiary/aromatic N) is 2. The molecule has 4 rings (SSSR count). The van der Waals surface area contributed by atoms with Crippen molar-refractivity contribution in [3.8, 4) is 11.5 Å². The van der Waals surface area contributed by atoms with Gasteiger partial charge < -0.3 is 14.4 Å². The van der Waals surface area contributed by atoms with Gasteiger partial charge in [-0.2, -0.15) is 5.10 Å². The van der Waals surface area contributed by atoms with Crippen LogP contribution in [0.4, 0.5) is 0 Å². The molecule has 2 aromatic rings. The summed E-state index contributed by atoms with van der Waals surface area (Å²) >= 11 is 0. The van der Waals surface area contributed by atoms with Crippen LogP contribution in [0.15, 0.2) is 24.3 Å². The third-order valence-electron chi connectivity index (χ3n) is 5.14. The van der Waals surface area contributed by atoms with E-state index in [1.54, 1.807) is 14.2 Å². The zero-order chi connectivity index (χ0) is 17.4. The summed E-state index contributed by atoms with van der Waals surface area (Å²) in [5, 5.41) is 7.28. The van der Waals surface area contributed by atoms with Gasteiger partial charge >= 0.3 is 0 Å². The van der Waals surface area contributed by atoms with E-state index in [-0.39, 0.29) is 11.9 Å². The van der Waals surface area contributed by atoms with Gasteiger partial charge in [0.05, 0.1) is 20.3 Å². The van der Waals surface area contributed by atoms with Crippen molar-refractivity contribution in [2.45, 2.75) is 37.6 Å². The highest BCUT2D eigenvalue weighted by Crippen LogP contribution is 2.40. The predicted octanol–water partition coefficient (Wildman–Crippen LogP) is 3.28. The SMILES string of the molecule is COc1ccc([C@@H]2CCCN2C(=O)c2cc(C3CC3)[nH]n2)cc1OC. The van der Waals surface area contributed by atoms with Crippen molar-refractivity contribution in [1.82, 2.24) is 15.1 Å². The molecule has 6 heteroatoms. The van der Waals surface area contributed by atoms with E-state index in [2.05, 4.69) is 10.2 Å². The molecular formula is C19H23N3O3. The molecule has 1 saturated heterocycles. The normalized spacial score (nSPS) is 19.9. The summed E-state index contributed by atoms with van der Waals surface area (Å²) in [4.78, 5) is 14.9. The Morgan fingerprint density at radius 1 is 1.16 bits per heavy atom. The predicted molar refractivity (Wildman–Crippen MR) is 93.1 cm³/mol. The van der Waals surface area contributed by atoms with Gasteiger partial charge in [-0.05, 0) is 49.4 Å². The minimum absolute atomic E-state index is 0.000403. The van der Waals surface area contributed by atoms with Gasteiger partial charge in [-0.1, -0.05) is 6.07 Å². The first-order chi connectivity index (χ1) is 12.2. The van der Waals surface area contributed by atoms with Crippen LogP contribution in [-0.2, 0) is 0 Å². The van der Waals surface area contributed by atoms with Crippen LogP contribution < -0.4 is 9.47 Å². The lowest BCUT2D eigenvalue weighted by molar-refractivity contribution is 0.0729. The van der Waals surface area contributed by atoms with E-state index in [1.165, 1.54) is 12.8 Å². The Labute approximate surface area is 147 Å². The lowest BCUT2D eigenvalue weighted by Crippen LogP contribution is -2.30. The van der Waals surface area contributed by atoms with Crippen molar-refractivity contribution in [3.63, 3.8) is 0 Å². The molecule has 1 saturated carbocycles. The van der Waals surface area contributed by atoms with Gasteiger partial charge in [0.1, 0.15) is 5.69 Å². The summed E-state index contributed by atoms with van der Waals surface area (Å²) < 4.78 is 10.7. The first-order valence-corrected chi connectivity index (χ1v) is 8.79. The number of methoxy groups -OCH3 is 2. The van der Waals surface area contributed by atoms with Crippen LogP contribution in [0.2, 0.25) is 0 Å². The maximum Gasteiger partial charge on any atom is 0.274 e. The first kappa shape index (κ1) is 16.0. The number of ether oxygens (including phenoxy) is 2. The third kappa shape index (κ3) is 2.97. The highest BCUT2D eigenvalue weighted by atomic mass is 16.5. The van der Waals surface area contributed by atoms with Crippen molar-refractivity contribution in [2.24, 2.45) is 0 Å². The Kier molecular flexibility index (Phi) is 4.11. The van der Waals surface area contributed by atoms with Crippen LogP contribution in [0.1, 0.15) is 59.4 Å². The van der Waals surface area contributed by atoms with E-state index >= 15 is 0 Å². The molecule has 1 aromatic carbocycles. The molecule has 1 N–H and O–H groups in total. The number of aromatic amines is 1. The first-order valence-electron chi connectivity index (χ1n) is 8.79. The standard InChI is InChI=1S/C19H23N3O3/c1-24-17-8-7-13(10-18(17)25-2)16-4-3-9-22(16)19(23)15-11-14(20-21-15)12-5-6-12/h7-8,10-12,16H,3-6,9H2,1-2H3,(H,20,21)/t16-/m0/s1. The molecule has 1 atom stereocenters. The lowest BCUT2D eigenvalue weighted by atomic mass is 10.0. The molecular weight excluding hydrogens is 318 g/mol. The molecule has 6 nitrogen and oxygen atoms in total. The number of likely N-dealkylation sites (tertiary alicyclic amines) is 1. The zero-order valence-electron chi connectivity index (χ0n) is 14.6. The summed E-state index contributed by atoms with van der Waals surface area (Å²) in [5.41, 5.74) is 2.68. The fourth-order valence-corrected chi connectivity index (χ4v) is 3.61. The molecule has 1 aliphatic carbocycles. The molecule has 132 valence electrons. The van der Waals surface area contributed by atoms with Crippen molar-refractivity contribution in [2.75, 3.05) is 20.8 Å². The molecule has 1 aromatic heterocycles. The van der Waals surface area contributed by atoms with Gasteiger partial charge in [0.25, 0.3) is 5.91 Å². The Bertz CT molecular complexity index is 782. The van der Waals surface area contributed by atoms with E-state index < -0.39 is 0 Å².